The van der Waals surface area contributed by atoms with Gasteiger partial charge in [0, 0.05) is 26.1 Å². The summed E-state index contributed by atoms with van der Waals surface area (Å²) in [7, 11) is -2.08. The Morgan fingerprint density at radius 1 is 1.33 bits per heavy atom. The molecular weight excluding hydrogens is 332 g/mol. The average molecular weight is 356 g/mol. The van der Waals surface area contributed by atoms with Gasteiger partial charge in [0.15, 0.2) is 0 Å². The third-order valence-corrected chi connectivity index (χ3v) is 5.53. The van der Waals surface area contributed by atoms with Gasteiger partial charge < -0.3 is 14.7 Å². The Morgan fingerprint density at radius 3 is 2.58 bits per heavy atom. The Morgan fingerprint density at radius 2 is 2.00 bits per heavy atom. The summed E-state index contributed by atoms with van der Waals surface area (Å²) in [5.74, 6) is -0.0387. The SMILES string of the molecule is CCO[C@H]1CN(C(=O)CCc2ccc(S(=O)(=O)NC)cc2)C[C@@H]1O. The maximum absolute atomic E-state index is 12.2. The summed E-state index contributed by atoms with van der Waals surface area (Å²) in [6.45, 7) is 3.07. The van der Waals surface area contributed by atoms with Gasteiger partial charge in [-0.25, -0.2) is 13.1 Å². The number of hydrogen-bond acceptors (Lipinski definition) is 5. The minimum Gasteiger partial charge on any atom is -0.388 e. The van der Waals surface area contributed by atoms with Crippen molar-refractivity contribution < 1.29 is 23.1 Å². The first kappa shape index (κ1) is 18.9. The van der Waals surface area contributed by atoms with Crippen molar-refractivity contribution in [1.82, 2.24) is 9.62 Å². The van der Waals surface area contributed by atoms with Crippen LogP contribution in [0.3, 0.4) is 0 Å². The molecule has 1 aromatic rings. The Kier molecular flexibility index (Phi) is 6.34. The fourth-order valence-corrected chi connectivity index (χ4v) is 3.43. The number of ether oxygens (including phenoxy) is 1. The summed E-state index contributed by atoms with van der Waals surface area (Å²) < 4.78 is 31.0. The van der Waals surface area contributed by atoms with Gasteiger partial charge in [-0.3, -0.25) is 4.79 Å². The summed E-state index contributed by atoms with van der Waals surface area (Å²) in [5.41, 5.74) is 0.888. The van der Waals surface area contributed by atoms with Crippen molar-refractivity contribution in [3.63, 3.8) is 0 Å². The molecule has 0 bridgehead atoms. The lowest BCUT2D eigenvalue weighted by Gasteiger charge is -2.16. The fraction of sp³-hybridized carbons (Fsp3) is 0.562. The van der Waals surface area contributed by atoms with Crippen LogP contribution in [0.2, 0.25) is 0 Å². The summed E-state index contributed by atoms with van der Waals surface area (Å²) in [4.78, 5) is 14.1. The van der Waals surface area contributed by atoms with Crippen LogP contribution in [0.25, 0.3) is 0 Å². The first-order valence-corrected chi connectivity index (χ1v) is 9.45. The number of nitrogens with one attached hydrogen (secondary N) is 1. The molecule has 1 amide bonds. The van der Waals surface area contributed by atoms with Crippen LogP contribution < -0.4 is 4.72 Å². The number of aliphatic hydroxyl groups is 1. The summed E-state index contributed by atoms with van der Waals surface area (Å²) in [6.07, 6.45) is -0.126. The molecule has 0 unspecified atom stereocenters. The number of carbonyl (C=O) groups is 1. The van der Waals surface area contributed by atoms with E-state index in [0.29, 0.717) is 32.5 Å². The molecule has 2 atom stereocenters. The molecule has 134 valence electrons. The number of sulfonamides is 1. The lowest BCUT2D eigenvalue weighted by molar-refractivity contribution is -0.130. The van der Waals surface area contributed by atoms with Crippen molar-refractivity contribution in [2.45, 2.75) is 36.9 Å². The zero-order valence-corrected chi connectivity index (χ0v) is 14.8. The Balaban J connectivity index is 1.88. The van der Waals surface area contributed by atoms with Crippen molar-refractivity contribution in [3.8, 4) is 0 Å². The van der Waals surface area contributed by atoms with Gasteiger partial charge in [-0.05, 0) is 38.1 Å². The minimum absolute atomic E-state index is 0.0387. The van der Waals surface area contributed by atoms with Gasteiger partial charge >= 0.3 is 0 Å². The van der Waals surface area contributed by atoms with Crippen molar-refractivity contribution in [1.29, 1.82) is 0 Å². The van der Waals surface area contributed by atoms with E-state index in [4.69, 9.17) is 4.74 Å². The van der Waals surface area contributed by atoms with Crippen molar-refractivity contribution in [2.24, 2.45) is 0 Å². The van der Waals surface area contributed by atoms with Crippen LogP contribution in [0.4, 0.5) is 0 Å². The molecule has 1 aliphatic rings. The third kappa shape index (κ3) is 4.54. The summed E-state index contributed by atoms with van der Waals surface area (Å²) in [5, 5.41) is 9.87. The maximum atomic E-state index is 12.2. The molecule has 0 aliphatic carbocycles. The molecule has 8 heteroatoms. The largest absolute Gasteiger partial charge is 0.388 e. The highest BCUT2D eigenvalue weighted by Gasteiger charge is 2.34. The fourth-order valence-electron chi connectivity index (χ4n) is 2.70. The molecule has 24 heavy (non-hydrogen) atoms. The van der Waals surface area contributed by atoms with Gasteiger partial charge in [-0.15, -0.1) is 0 Å². The van der Waals surface area contributed by atoms with E-state index in [1.165, 1.54) is 19.2 Å². The topological polar surface area (TPSA) is 95.9 Å². The van der Waals surface area contributed by atoms with E-state index < -0.39 is 16.1 Å². The molecule has 1 aromatic carbocycles. The molecule has 1 aliphatic heterocycles. The number of carbonyl (C=O) groups excluding carboxylic acids is 1. The summed E-state index contributed by atoms with van der Waals surface area (Å²) >= 11 is 0. The number of benzene rings is 1. The van der Waals surface area contributed by atoms with Crippen molar-refractivity contribution in [2.75, 3.05) is 26.7 Å². The molecular formula is C16H24N2O5S. The second kappa shape index (κ2) is 8.06. The number of hydrogen-bond donors (Lipinski definition) is 2. The van der Waals surface area contributed by atoms with E-state index in [1.807, 2.05) is 6.92 Å². The summed E-state index contributed by atoms with van der Waals surface area (Å²) in [6, 6.07) is 6.46. The second-order valence-corrected chi connectivity index (χ2v) is 7.60. The first-order chi connectivity index (χ1) is 11.4. The third-order valence-electron chi connectivity index (χ3n) is 4.10. The number of aryl methyl sites for hydroxylation is 1. The van der Waals surface area contributed by atoms with Gasteiger partial charge in [0.2, 0.25) is 15.9 Å². The molecule has 1 heterocycles. The normalized spacial score (nSPS) is 21.2. The number of amides is 1. The number of likely N-dealkylation sites (tertiary alicyclic amines) is 1. The molecule has 2 N–H and O–H groups in total. The molecule has 0 spiro atoms. The van der Waals surface area contributed by atoms with Gasteiger partial charge in [-0.2, -0.15) is 0 Å². The molecule has 1 fully saturated rings. The van der Waals surface area contributed by atoms with E-state index in [0.717, 1.165) is 5.56 Å². The van der Waals surface area contributed by atoms with Crippen molar-refractivity contribution >= 4 is 15.9 Å². The van der Waals surface area contributed by atoms with Crippen LogP contribution in [0.5, 0.6) is 0 Å². The first-order valence-electron chi connectivity index (χ1n) is 7.97. The average Bonchev–Trinajstić information content (AvgIpc) is 2.94. The molecule has 1 saturated heterocycles. The lowest BCUT2D eigenvalue weighted by Crippen LogP contribution is -2.30. The number of rotatable bonds is 7. The predicted molar refractivity (Wildman–Crippen MR) is 89.0 cm³/mol. The molecule has 0 aromatic heterocycles. The highest BCUT2D eigenvalue weighted by Crippen LogP contribution is 2.16. The monoisotopic (exact) mass is 356 g/mol. The minimum atomic E-state index is -3.44. The van der Waals surface area contributed by atoms with E-state index in [2.05, 4.69) is 4.72 Å². The second-order valence-electron chi connectivity index (χ2n) is 5.71. The van der Waals surface area contributed by atoms with Crippen LogP contribution in [0, 0.1) is 0 Å². The van der Waals surface area contributed by atoms with E-state index in [1.54, 1.807) is 17.0 Å². The number of β-amino-alcohol motifs (C(OH)–C–C–N with tert-alkyl or cyclic N) is 1. The predicted octanol–water partition coefficient (Wildman–Crippen LogP) is 0.136. The quantitative estimate of drug-likeness (QED) is 0.724. The van der Waals surface area contributed by atoms with Crippen LogP contribution in [0.1, 0.15) is 18.9 Å². The standard InChI is InChI=1S/C16H24N2O5S/c1-3-23-15-11-18(10-14(15)19)16(20)9-6-12-4-7-13(8-5-12)24(21,22)17-2/h4-5,7-8,14-15,17,19H,3,6,9-11H2,1-2H3/t14-,15-/m0/s1. The molecule has 2 rings (SSSR count). The van der Waals surface area contributed by atoms with Gasteiger partial charge in [0.25, 0.3) is 0 Å². The molecule has 0 saturated carbocycles. The molecule has 7 nitrogen and oxygen atoms in total. The van der Waals surface area contributed by atoms with Crippen molar-refractivity contribution in [3.05, 3.63) is 29.8 Å². The van der Waals surface area contributed by atoms with Gasteiger partial charge in [0.1, 0.15) is 6.10 Å². The van der Waals surface area contributed by atoms with Gasteiger partial charge in [0.05, 0.1) is 11.0 Å². The van der Waals surface area contributed by atoms with Crippen LogP contribution in [-0.4, -0.2) is 63.3 Å². The number of nitrogens with zero attached hydrogens (tertiary/aromatic N) is 1. The van der Waals surface area contributed by atoms with E-state index >= 15 is 0 Å². The maximum Gasteiger partial charge on any atom is 0.240 e. The smallest absolute Gasteiger partial charge is 0.240 e. The van der Waals surface area contributed by atoms with Crippen LogP contribution in [0.15, 0.2) is 29.2 Å². The van der Waals surface area contributed by atoms with Gasteiger partial charge in [-0.1, -0.05) is 12.1 Å². The van der Waals surface area contributed by atoms with E-state index in [9.17, 15) is 18.3 Å². The highest BCUT2D eigenvalue weighted by molar-refractivity contribution is 7.89. The molecule has 0 radical (unpaired) electrons. The van der Waals surface area contributed by atoms with Crippen LogP contribution >= 0.6 is 0 Å². The Hall–Kier alpha value is -1.48. The van der Waals surface area contributed by atoms with E-state index in [-0.39, 0.29) is 16.9 Å². The van der Waals surface area contributed by atoms with Crippen LogP contribution in [-0.2, 0) is 26.0 Å². The zero-order valence-electron chi connectivity index (χ0n) is 13.9. The highest BCUT2D eigenvalue weighted by atomic mass is 32.2. The lowest BCUT2D eigenvalue weighted by atomic mass is 10.1. The zero-order chi connectivity index (χ0) is 17.7. The Bertz CT molecular complexity index is 660. The Labute approximate surface area is 142 Å². The number of aliphatic hydroxyl groups excluding tert-OH is 1.